The molecule has 10 aromatic carbocycles. The molecule has 0 bridgehead atoms. The SMILES string of the molecule is CCc1ccc(C(=O)Nc2csc(-c3ccc(Cl)cc3Cl)c2C(=O)O)cc1.Cc1ccc(-c2scc(NC(=O)c3cc(C)ccc3O)c2C(=O)O)c(F)c1.Cc1ccc(O)c(C(=O)Nc2csc(-c3ccc(Br)cc3)c2C(=O)O)c1.Cc1ccc(O)c(C(=O)Nc2csc(-c3ccc(C)c(F)c3F)c2C(=O)O)c1.O=C(Nc1csc(-c2ccc(Cl)cc2Cl)c1C(=O)O)C1=CCc2ccccc21. The molecule has 5 heterocycles. The molecular formula is C100H73BrCl4F3N5O18S5. The second kappa shape index (κ2) is 44.4. The summed E-state index contributed by atoms with van der Waals surface area (Å²) >= 11 is 33.2. The number of anilines is 5. The second-order valence-electron chi connectivity index (χ2n) is 30.0. The summed E-state index contributed by atoms with van der Waals surface area (Å²) < 4.78 is 43.5. The lowest BCUT2D eigenvalue weighted by Crippen LogP contribution is -2.14. The summed E-state index contributed by atoms with van der Waals surface area (Å²) in [7, 11) is 0. The summed E-state index contributed by atoms with van der Waals surface area (Å²) in [6.45, 7) is 10.5. The Bertz CT molecular complexity index is 7320. The maximum absolute atomic E-state index is 14.3. The number of rotatable bonds is 21. The van der Waals surface area contributed by atoms with Gasteiger partial charge in [-0.2, -0.15) is 0 Å². The van der Waals surface area contributed by atoms with E-state index in [4.69, 9.17) is 46.4 Å². The van der Waals surface area contributed by atoms with Gasteiger partial charge in [0.2, 0.25) is 0 Å². The fraction of sp³-hybridized carbons (Fsp3) is 0.0800. The van der Waals surface area contributed by atoms with Gasteiger partial charge in [-0.1, -0.05) is 195 Å². The second-order valence-corrected chi connectivity index (χ2v) is 37.0. The van der Waals surface area contributed by atoms with Crippen molar-refractivity contribution in [3.8, 4) is 69.5 Å². The number of phenolic OH excluding ortho intramolecular Hbond substituents is 3. The van der Waals surface area contributed by atoms with E-state index in [-0.39, 0.29) is 128 Å². The molecule has 5 aromatic heterocycles. The van der Waals surface area contributed by atoms with Crippen molar-refractivity contribution < 1.29 is 102 Å². The number of benzene rings is 10. The van der Waals surface area contributed by atoms with E-state index in [0.29, 0.717) is 69.0 Å². The van der Waals surface area contributed by atoms with Crippen molar-refractivity contribution in [3.63, 3.8) is 0 Å². The van der Waals surface area contributed by atoms with Gasteiger partial charge in [0.1, 0.15) is 50.9 Å². The zero-order valence-electron chi connectivity index (χ0n) is 71.6. The molecule has 0 saturated carbocycles. The molecule has 1 aliphatic rings. The van der Waals surface area contributed by atoms with E-state index in [1.807, 2.05) is 61.5 Å². The molecular weight excluding hydrogens is 2000 g/mol. The molecule has 15 aromatic rings. The summed E-state index contributed by atoms with van der Waals surface area (Å²) in [5, 5.41) is 100. The number of thiophene rings is 5. The normalized spacial score (nSPS) is 11.0. The van der Waals surface area contributed by atoms with Gasteiger partial charge < -0.3 is 67.4 Å². The molecule has 136 heavy (non-hydrogen) atoms. The summed E-state index contributed by atoms with van der Waals surface area (Å²) in [5.41, 5.74) is 9.23. The number of aromatic carboxylic acids is 5. The fourth-order valence-corrected chi connectivity index (χ4v) is 20.2. The van der Waals surface area contributed by atoms with E-state index < -0.39 is 65.0 Å². The average molecular weight is 2070 g/mol. The van der Waals surface area contributed by atoms with Gasteiger partial charge >= 0.3 is 29.8 Å². The maximum Gasteiger partial charge on any atom is 0.339 e. The number of nitrogens with one attached hydrogen (secondary N) is 5. The first-order valence-corrected chi connectivity index (χ1v) is 46.9. The molecule has 0 unspecified atom stereocenters. The molecule has 5 amide bonds. The van der Waals surface area contributed by atoms with Crippen molar-refractivity contribution in [1.82, 2.24) is 0 Å². The lowest BCUT2D eigenvalue weighted by Gasteiger charge is -2.09. The van der Waals surface area contributed by atoms with E-state index in [2.05, 4.69) is 42.5 Å². The Morgan fingerprint density at radius 1 is 0.368 bits per heavy atom. The van der Waals surface area contributed by atoms with Gasteiger partial charge in [0.25, 0.3) is 29.5 Å². The minimum atomic E-state index is -1.40. The van der Waals surface area contributed by atoms with Crippen LogP contribution in [0.3, 0.4) is 0 Å². The van der Waals surface area contributed by atoms with Crippen molar-refractivity contribution in [2.75, 3.05) is 26.6 Å². The number of aromatic hydroxyl groups is 3. The minimum Gasteiger partial charge on any atom is -0.507 e. The van der Waals surface area contributed by atoms with Crippen LogP contribution >= 0.6 is 119 Å². The Morgan fingerprint density at radius 2 is 0.721 bits per heavy atom. The summed E-state index contributed by atoms with van der Waals surface area (Å²) in [6.07, 6.45) is 3.41. The lowest BCUT2D eigenvalue weighted by atomic mass is 10.0. The van der Waals surface area contributed by atoms with Gasteiger partial charge in [-0.25, -0.2) is 37.1 Å². The maximum atomic E-state index is 14.3. The van der Waals surface area contributed by atoms with Gasteiger partial charge in [0.05, 0.1) is 79.6 Å². The molecule has 0 atom stereocenters. The van der Waals surface area contributed by atoms with Crippen molar-refractivity contribution in [2.24, 2.45) is 0 Å². The third-order valence-corrected chi connectivity index (χ3v) is 27.2. The number of aryl methyl sites for hydroxylation is 6. The zero-order valence-corrected chi connectivity index (χ0v) is 80.3. The average Bonchev–Trinajstić information content (AvgIpc) is 1.66. The first-order valence-electron chi connectivity index (χ1n) is 40.2. The van der Waals surface area contributed by atoms with Crippen LogP contribution in [0.1, 0.15) is 145 Å². The predicted octanol–water partition coefficient (Wildman–Crippen LogP) is 27.2. The zero-order chi connectivity index (χ0) is 98.5. The fourth-order valence-electron chi connectivity index (χ4n) is 13.7. The minimum absolute atomic E-state index is 0.00255. The van der Waals surface area contributed by atoms with Crippen molar-refractivity contribution in [2.45, 2.75) is 54.4 Å². The van der Waals surface area contributed by atoms with E-state index in [1.165, 1.54) is 106 Å². The molecule has 0 aliphatic heterocycles. The topological polar surface area (TPSA) is 393 Å². The molecule has 0 saturated heterocycles. The monoisotopic (exact) mass is 2070 g/mol. The van der Waals surface area contributed by atoms with Crippen LogP contribution in [0.25, 0.3) is 57.8 Å². The van der Waals surface area contributed by atoms with Crippen LogP contribution in [0.15, 0.2) is 232 Å². The van der Waals surface area contributed by atoms with Gasteiger partial charge in [-0.15, -0.1) is 56.7 Å². The smallest absolute Gasteiger partial charge is 0.339 e. The van der Waals surface area contributed by atoms with Crippen molar-refractivity contribution in [1.29, 1.82) is 0 Å². The van der Waals surface area contributed by atoms with Crippen LogP contribution in [0.4, 0.5) is 41.6 Å². The largest absolute Gasteiger partial charge is 0.507 e. The van der Waals surface area contributed by atoms with E-state index >= 15 is 0 Å². The molecule has 1 aliphatic carbocycles. The number of carboxylic acid groups (broad SMARTS) is 5. The first kappa shape index (κ1) is 101. The Balaban J connectivity index is 0.000000153. The predicted molar refractivity (Wildman–Crippen MR) is 534 cm³/mol. The highest BCUT2D eigenvalue weighted by Crippen LogP contribution is 2.46. The molecule has 0 spiro atoms. The van der Waals surface area contributed by atoms with E-state index in [0.717, 1.165) is 72.5 Å². The Kier molecular flexibility index (Phi) is 33.0. The summed E-state index contributed by atoms with van der Waals surface area (Å²) in [5.74, 6) is -12.1. The number of fused-ring (bicyclic) bond motifs is 1. The van der Waals surface area contributed by atoms with Crippen LogP contribution in [-0.2, 0) is 17.6 Å². The summed E-state index contributed by atoms with van der Waals surface area (Å²) in [4.78, 5) is 124. The molecule has 0 fully saturated rings. The molecule has 23 nitrogen and oxygen atoms in total. The molecule has 13 N–H and O–H groups in total. The number of amides is 5. The third-order valence-electron chi connectivity index (χ3n) is 20.5. The number of halogens is 8. The van der Waals surface area contributed by atoms with Gasteiger partial charge in [0.15, 0.2) is 11.6 Å². The van der Waals surface area contributed by atoms with Gasteiger partial charge in [0, 0.05) is 74.8 Å². The molecule has 692 valence electrons. The highest BCUT2D eigenvalue weighted by atomic mass is 79.9. The Hall–Kier alpha value is -14.0. The third kappa shape index (κ3) is 23.6. The van der Waals surface area contributed by atoms with E-state index in [1.54, 1.807) is 135 Å². The van der Waals surface area contributed by atoms with Crippen LogP contribution < -0.4 is 26.6 Å². The molecule has 36 heteroatoms. The number of carbonyl (C=O) groups is 10. The standard InChI is InChI=1S/C21H13Cl2NO3S.C20H15Cl2NO3S.C20H15F2NO4S.C20H16FNO4S.C19H14BrNO4S/c22-12-6-8-15(16(23)9-12)19-18(21(26)27)17(10-28-19)24-20(25)14-7-5-11-3-1-2-4-13(11)14;1-2-11-3-5-12(6-4-11)19(24)23-16-10-27-18(17(16)20(25)26)14-8-7-13(21)9-15(14)22;1-9-3-6-14(24)12(7-9)19(25)23-13-8-28-18(15(13)20(26)27)11-5-4-10(2)16(21)17(11)22;1-10-4-6-16(23)13(7-10)19(24)22-15-9-27-18(17(15)20(25)26)12-5-3-11(2)8-14(12)21;1-10-2-7-15(22)13(8-10)18(23)21-14-9-26-17(16(14)19(24)25)11-3-5-12(20)6-4-11/h1-4,6-10H,5H2,(H,24,25)(H,26,27);3-10H,2H2,1H3,(H,23,24)(H,25,26);3-8,24H,1-2H3,(H,23,25)(H,26,27);3-9,23H,1-2H3,(H,22,24)(H,25,26);2-9,22H,1H3,(H,21,23)(H,24,25). The lowest BCUT2D eigenvalue weighted by molar-refractivity contribution is -0.111. The number of hydrogen-bond acceptors (Lipinski definition) is 18. The van der Waals surface area contributed by atoms with Gasteiger partial charge in [-0.05, 0) is 172 Å². The molecule has 16 rings (SSSR count). The number of carbonyl (C=O) groups excluding carboxylic acids is 5. The highest BCUT2D eigenvalue weighted by Gasteiger charge is 2.32. The van der Waals surface area contributed by atoms with Crippen LogP contribution in [0, 0.1) is 52.1 Å². The van der Waals surface area contributed by atoms with Crippen LogP contribution in [-0.4, -0.2) is 100 Å². The summed E-state index contributed by atoms with van der Waals surface area (Å²) in [6, 6.07) is 52.6. The Labute approximate surface area is 821 Å². The molecule has 0 radical (unpaired) electrons. The highest BCUT2D eigenvalue weighted by molar-refractivity contribution is 9.10. The van der Waals surface area contributed by atoms with Crippen molar-refractivity contribution in [3.05, 3.63) is 364 Å². The van der Waals surface area contributed by atoms with Crippen molar-refractivity contribution >= 4 is 212 Å². The number of hydrogen-bond donors (Lipinski definition) is 13. The van der Waals surface area contributed by atoms with Gasteiger partial charge in [-0.3, -0.25) is 24.0 Å². The number of allylic oxidation sites excluding steroid dienone is 1. The number of carboxylic acids is 5. The Morgan fingerprint density at radius 3 is 1.12 bits per heavy atom. The quantitative estimate of drug-likeness (QED) is 0.0318. The first-order chi connectivity index (χ1) is 64.7. The van der Waals surface area contributed by atoms with E-state index in [9.17, 15) is 102 Å². The van der Waals surface area contributed by atoms with Crippen LogP contribution in [0.2, 0.25) is 20.1 Å². The van der Waals surface area contributed by atoms with Crippen LogP contribution in [0.5, 0.6) is 17.2 Å². The number of phenols is 3.